The zero-order valence-corrected chi connectivity index (χ0v) is 9.59. The number of nitro benzene ring substituents is 1. The van der Waals surface area contributed by atoms with E-state index in [1.54, 1.807) is 0 Å². The van der Waals surface area contributed by atoms with E-state index in [1.165, 1.54) is 12.5 Å². The first-order valence-electron chi connectivity index (χ1n) is 5.27. The molecule has 0 radical (unpaired) electrons. The molecule has 1 aromatic heterocycles. The number of aromatic nitrogens is 2. The van der Waals surface area contributed by atoms with Crippen molar-refractivity contribution in [3.63, 3.8) is 0 Å². The molecule has 0 aliphatic heterocycles. The van der Waals surface area contributed by atoms with Gasteiger partial charge in [0, 0.05) is 18.3 Å². The van der Waals surface area contributed by atoms with E-state index in [1.807, 2.05) is 0 Å². The number of halogens is 1. The highest BCUT2D eigenvalue weighted by atomic mass is 19.1. The molecule has 2 aromatic rings. The molecule has 7 nitrogen and oxygen atoms in total. The van der Waals surface area contributed by atoms with Gasteiger partial charge in [0.15, 0.2) is 0 Å². The Hall–Kier alpha value is -2.77. The predicted octanol–water partition coefficient (Wildman–Crippen LogP) is 1.39. The van der Waals surface area contributed by atoms with Gasteiger partial charge in [-0.1, -0.05) is 0 Å². The average molecular weight is 264 g/mol. The van der Waals surface area contributed by atoms with Gasteiger partial charge in [0.05, 0.1) is 29.1 Å². The van der Waals surface area contributed by atoms with E-state index in [0.29, 0.717) is 5.69 Å². The molecule has 19 heavy (non-hydrogen) atoms. The molecule has 2 N–H and O–H groups in total. The third-order valence-corrected chi connectivity index (χ3v) is 2.40. The minimum absolute atomic E-state index is 0.126. The third-order valence-electron chi connectivity index (χ3n) is 2.40. The number of imidazole rings is 1. The number of hydrogen-bond acceptors (Lipinski definition) is 4. The van der Waals surface area contributed by atoms with Crippen molar-refractivity contribution < 1.29 is 14.1 Å². The second-order valence-electron chi connectivity index (χ2n) is 3.68. The summed E-state index contributed by atoms with van der Waals surface area (Å²) in [5.41, 5.74) is -0.0685. The van der Waals surface area contributed by atoms with Crippen molar-refractivity contribution in [3.8, 4) is 0 Å². The van der Waals surface area contributed by atoms with Gasteiger partial charge in [0.1, 0.15) is 5.82 Å². The molecule has 0 fully saturated rings. The molecule has 0 saturated heterocycles. The maximum absolute atomic E-state index is 13.4. The van der Waals surface area contributed by atoms with E-state index in [2.05, 4.69) is 15.3 Å². The van der Waals surface area contributed by atoms with Crippen LogP contribution in [0, 0.1) is 15.9 Å². The summed E-state index contributed by atoms with van der Waals surface area (Å²) in [5.74, 6) is -1.54. The van der Waals surface area contributed by atoms with Crippen LogP contribution in [-0.4, -0.2) is 20.8 Å². The average Bonchev–Trinajstić information content (AvgIpc) is 2.89. The monoisotopic (exact) mass is 264 g/mol. The first kappa shape index (κ1) is 12.7. The maximum atomic E-state index is 13.4. The molecule has 2 rings (SSSR count). The number of carbonyl (C=O) groups is 1. The van der Waals surface area contributed by atoms with Crippen LogP contribution in [0.15, 0.2) is 30.7 Å². The predicted molar refractivity (Wildman–Crippen MR) is 62.8 cm³/mol. The fourth-order valence-corrected chi connectivity index (χ4v) is 1.45. The van der Waals surface area contributed by atoms with Crippen LogP contribution < -0.4 is 5.32 Å². The Morgan fingerprint density at radius 1 is 1.53 bits per heavy atom. The van der Waals surface area contributed by atoms with Gasteiger partial charge in [0.25, 0.3) is 11.6 Å². The lowest BCUT2D eigenvalue weighted by Gasteiger charge is -2.04. The standard InChI is InChI=1S/C11H9FN4O3/c12-10-2-1-8(16(18)19)3-9(10)11(17)14-5-7-4-13-6-15-7/h1-4,6H,5H2,(H,13,15)(H,14,17). The van der Waals surface area contributed by atoms with Gasteiger partial charge in [-0.05, 0) is 6.07 Å². The molecule has 0 saturated carbocycles. The van der Waals surface area contributed by atoms with Crippen molar-refractivity contribution in [3.05, 3.63) is 57.9 Å². The SMILES string of the molecule is O=C(NCc1cnc[nH]1)c1cc([N+](=O)[O-])ccc1F. The summed E-state index contributed by atoms with van der Waals surface area (Å²) in [6.45, 7) is 0.126. The van der Waals surface area contributed by atoms with Crippen LogP contribution >= 0.6 is 0 Å². The van der Waals surface area contributed by atoms with E-state index in [9.17, 15) is 19.3 Å². The number of aromatic amines is 1. The molecule has 0 atom stereocenters. The number of benzene rings is 1. The molecular weight excluding hydrogens is 255 g/mol. The van der Waals surface area contributed by atoms with Crippen LogP contribution in [0.25, 0.3) is 0 Å². The van der Waals surface area contributed by atoms with Crippen LogP contribution in [0.4, 0.5) is 10.1 Å². The molecule has 0 unspecified atom stereocenters. The van der Waals surface area contributed by atoms with Gasteiger partial charge in [-0.3, -0.25) is 14.9 Å². The van der Waals surface area contributed by atoms with Crippen LogP contribution in [-0.2, 0) is 6.54 Å². The number of hydrogen-bond donors (Lipinski definition) is 2. The number of rotatable bonds is 4. The summed E-state index contributed by atoms with van der Waals surface area (Å²) in [7, 11) is 0. The molecule has 0 aliphatic carbocycles. The molecule has 0 spiro atoms. The Morgan fingerprint density at radius 3 is 2.95 bits per heavy atom. The van der Waals surface area contributed by atoms with Gasteiger partial charge in [0.2, 0.25) is 0 Å². The highest BCUT2D eigenvalue weighted by molar-refractivity contribution is 5.95. The number of nitro groups is 1. The quantitative estimate of drug-likeness (QED) is 0.643. The minimum Gasteiger partial charge on any atom is -0.347 e. The highest BCUT2D eigenvalue weighted by Gasteiger charge is 2.16. The van der Waals surface area contributed by atoms with E-state index in [-0.39, 0.29) is 17.8 Å². The summed E-state index contributed by atoms with van der Waals surface area (Å²) in [6.07, 6.45) is 2.94. The lowest BCUT2D eigenvalue weighted by Crippen LogP contribution is -2.24. The zero-order chi connectivity index (χ0) is 13.8. The Labute approximate surface area is 106 Å². The van der Waals surface area contributed by atoms with E-state index >= 15 is 0 Å². The van der Waals surface area contributed by atoms with Crippen molar-refractivity contribution in [2.75, 3.05) is 0 Å². The molecular formula is C11H9FN4O3. The summed E-state index contributed by atoms with van der Waals surface area (Å²) in [5, 5.41) is 13.0. The maximum Gasteiger partial charge on any atom is 0.270 e. The summed E-state index contributed by atoms with van der Waals surface area (Å²) < 4.78 is 13.4. The zero-order valence-electron chi connectivity index (χ0n) is 9.59. The Balaban J connectivity index is 2.14. The van der Waals surface area contributed by atoms with Crippen molar-refractivity contribution in [2.45, 2.75) is 6.54 Å². The van der Waals surface area contributed by atoms with Gasteiger partial charge in [-0.15, -0.1) is 0 Å². The number of nitrogens with zero attached hydrogens (tertiary/aromatic N) is 2. The molecule has 1 amide bonds. The molecule has 0 bridgehead atoms. The third kappa shape index (κ3) is 2.92. The lowest BCUT2D eigenvalue weighted by molar-refractivity contribution is -0.384. The summed E-state index contributed by atoms with van der Waals surface area (Å²) in [6, 6.07) is 2.79. The second-order valence-corrected chi connectivity index (χ2v) is 3.68. The Kier molecular flexibility index (Phi) is 3.51. The summed E-state index contributed by atoms with van der Waals surface area (Å²) >= 11 is 0. The Bertz CT molecular complexity index is 612. The molecule has 1 aromatic carbocycles. The van der Waals surface area contributed by atoms with Crippen molar-refractivity contribution in [2.24, 2.45) is 0 Å². The smallest absolute Gasteiger partial charge is 0.270 e. The number of nitrogens with one attached hydrogen (secondary N) is 2. The lowest BCUT2D eigenvalue weighted by atomic mass is 10.1. The molecule has 0 aliphatic rings. The first-order chi connectivity index (χ1) is 9.08. The Morgan fingerprint density at radius 2 is 2.32 bits per heavy atom. The van der Waals surface area contributed by atoms with E-state index < -0.39 is 16.6 Å². The van der Waals surface area contributed by atoms with Crippen molar-refractivity contribution in [1.29, 1.82) is 0 Å². The minimum atomic E-state index is -0.812. The van der Waals surface area contributed by atoms with Crippen LogP contribution in [0.5, 0.6) is 0 Å². The van der Waals surface area contributed by atoms with Crippen molar-refractivity contribution in [1.82, 2.24) is 15.3 Å². The van der Waals surface area contributed by atoms with Gasteiger partial charge < -0.3 is 10.3 Å². The van der Waals surface area contributed by atoms with Crippen LogP contribution in [0.2, 0.25) is 0 Å². The van der Waals surface area contributed by atoms with Crippen LogP contribution in [0.3, 0.4) is 0 Å². The molecule has 98 valence electrons. The van der Waals surface area contributed by atoms with Gasteiger partial charge in [-0.2, -0.15) is 0 Å². The van der Waals surface area contributed by atoms with Crippen molar-refractivity contribution >= 4 is 11.6 Å². The topological polar surface area (TPSA) is 101 Å². The number of carbonyl (C=O) groups excluding carboxylic acids is 1. The molecule has 1 heterocycles. The number of non-ortho nitro benzene ring substituents is 1. The summed E-state index contributed by atoms with van der Waals surface area (Å²) in [4.78, 5) is 28.1. The van der Waals surface area contributed by atoms with Gasteiger partial charge in [-0.25, -0.2) is 9.37 Å². The normalized spacial score (nSPS) is 10.2. The van der Waals surface area contributed by atoms with E-state index in [4.69, 9.17) is 0 Å². The number of amides is 1. The fourth-order valence-electron chi connectivity index (χ4n) is 1.45. The number of H-pyrrole nitrogens is 1. The fraction of sp³-hybridized carbons (Fsp3) is 0.0909. The van der Waals surface area contributed by atoms with E-state index in [0.717, 1.165) is 18.2 Å². The first-order valence-corrected chi connectivity index (χ1v) is 5.27. The largest absolute Gasteiger partial charge is 0.347 e. The second kappa shape index (κ2) is 5.25. The highest BCUT2D eigenvalue weighted by Crippen LogP contribution is 2.16. The van der Waals surface area contributed by atoms with Crippen LogP contribution in [0.1, 0.15) is 16.1 Å². The van der Waals surface area contributed by atoms with Gasteiger partial charge >= 0.3 is 0 Å². The molecule has 8 heteroatoms.